The van der Waals surface area contributed by atoms with Crippen molar-refractivity contribution in [2.75, 3.05) is 6.61 Å². The average molecular weight is 296 g/mol. The molecule has 0 aromatic heterocycles. The number of hydrogen-bond acceptors (Lipinski definition) is 3. The minimum atomic E-state index is -0.367. The summed E-state index contributed by atoms with van der Waals surface area (Å²) in [5.41, 5.74) is 1.99. The molecule has 3 nitrogen and oxygen atoms in total. The molecule has 1 aromatic carbocycles. The van der Waals surface area contributed by atoms with E-state index in [1.807, 2.05) is 26.0 Å². The van der Waals surface area contributed by atoms with E-state index in [1.165, 1.54) is 0 Å². The molecule has 0 fully saturated rings. The van der Waals surface area contributed by atoms with E-state index < -0.39 is 0 Å². The third-order valence-corrected chi connectivity index (χ3v) is 3.41. The molecule has 17 heavy (non-hydrogen) atoms. The van der Waals surface area contributed by atoms with Crippen molar-refractivity contribution in [2.45, 2.75) is 31.2 Å². The molecule has 1 aliphatic heterocycles. The lowest BCUT2D eigenvalue weighted by Gasteiger charge is -2.12. The Kier molecular flexibility index (Phi) is 3.58. The molecule has 0 bridgehead atoms. The Hall–Kier alpha value is -1.21. The molecular formula is C13H14BrNO2. The predicted octanol–water partition coefficient (Wildman–Crippen LogP) is 3.37. The number of ether oxygens (including phenoxy) is 2. The number of hydrogen-bond donors (Lipinski definition) is 0. The minimum absolute atomic E-state index is 0.200. The van der Waals surface area contributed by atoms with Crippen molar-refractivity contribution in [3.8, 4) is 17.6 Å². The molecule has 0 amide bonds. The summed E-state index contributed by atoms with van der Waals surface area (Å²) in [4.78, 5) is -0.367. The van der Waals surface area contributed by atoms with Crippen LogP contribution in [-0.2, 0) is 6.42 Å². The Morgan fingerprint density at radius 3 is 3.06 bits per heavy atom. The monoisotopic (exact) mass is 295 g/mol. The fraction of sp³-hybridized carbons (Fsp3) is 0.462. The molecule has 0 saturated heterocycles. The summed E-state index contributed by atoms with van der Waals surface area (Å²) in [6.07, 6.45) is 1.10. The minimum Gasteiger partial charge on any atom is -0.494 e. The van der Waals surface area contributed by atoms with Crippen LogP contribution in [0.15, 0.2) is 12.1 Å². The first-order valence-corrected chi connectivity index (χ1v) is 6.57. The molecule has 0 radical (unpaired) electrons. The number of rotatable bonds is 3. The van der Waals surface area contributed by atoms with Crippen LogP contribution in [0.4, 0.5) is 0 Å². The summed E-state index contributed by atoms with van der Waals surface area (Å²) in [5, 5.41) is 8.99. The number of fused-ring (bicyclic) bond motifs is 1. The van der Waals surface area contributed by atoms with Gasteiger partial charge in [0.25, 0.3) is 0 Å². The molecule has 2 unspecified atom stereocenters. The maximum absolute atomic E-state index is 8.99. The van der Waals surface area contributed by atoms with Gasteiger partial charge in [0.15, 0.2) is 0 Å². The van der Waals surface area contributed by atoms with Crippen molar-refractivity contribution in [1.82, 2.24) is 0 Å². The lowest BCUT2D eigenvalue weighted by Crippen LogP contribution is -2.05. The van der Waals surface area contributed by atoms with Gasteiger partial charge in [0, 0.05) is 17.5 Å². The van der Waals surface area contributed by atoms with Crippen LogP contribution in [-0.4, -0.2) is 12.7 Å². The molecule has 4 heteroatoms. The van der Waals surface area contributed by atoms with Crippen molar-refractivity contribution < 1.29 is 9.47 Å². The molecule has 2 atom stereocenters. The van der Waals surface area contributed by atoms with E-state index in [9.17, 15) is 0 Å². The van der Waals surface area contributed by atoms with Crippen molar-refractivity contribution in [3.05, 3.63) is 23.3 Å². The Morgan fingerprint density at radius 1 is 1.65 bits per heavy atom. The highest BCUT2D eigenvalue weighted by Crippen LogP contribution is 2.39. The van der Waals surface area contributed by atoms with E-state index in [-0.39, 0.29) is 10.9 Å². The molecule has 1 aliphatic rings. The predicted molar refractivity (Wildman–Crippen MR) is 68.7 cm³/mol. The molecule has 2 rings (SSSR count). The van der Waals surface area contributed by atoms with Crippen LogP contribution >= 0.6 is 15.9 Å². The fourth-order valence-electron chi connectivity index (χ4n) is 2.00. The maximum atomic E-state index is 8.99. The first-order valence-electron chi connectivity index (χ1n) is 5.65. The van der Waals surface area contributed by atoms with Gasteiger partial charge >= 0.3 is 0 Å². The van der Waals surface area contributed by atoms with Gasteiger partial charge in [-0.3, -0.25) is 0 Å². The summed E-state index contributed by atoms with van der Waals surface area (Å²) >= 11 is 3.33. The van der Waals surface area contributed by atoms with E-state index in [4.69, 9.17) is 14.7 Å². The highest BCUT2D eigenvalue weighted by atomic mass is 79.9. The van der Waals surface area contributed by atoms with Gasteiger partial charge in [-0.05, 0) is 26.0 Å². The second-order valence-corrected chi connectivity index (χ2v) is 4.97. The number of benzene rings is 1. The molecular weight excluding hydrogens is 282 g/mol. The quantitative estimate of drug-likeness (QED) is 0.803. The van der Waals surface area contributed by atoms with E-state index in [1.54, 1.807) is 0 Å². The van der Waals surface area contributed by atoms with E-state index in [0.717, 1.165) is 29.0 Å². The second-order valence-electron chi connectivity index (χ2n) is 4.06. The summed E-state index contributed by atoms with van der Waals surface area (Å²) in [6.45, 7) is 4.56. The third kappa shape index (κ3) is 2.39. The van der Waals surface area contributed by atoms with Crippen molar-refractivity contribution >= 4 is 15.9 Å². The molecule has 0 saturated carbocycles. The standard InChI is InChI=1S/C13H14BrNO2/c1-3-16-13-5-9-4-8(2)17-12(9)6-10(13)11(14)7-15/h5-6,8,11H,3-4H2,1-2H3. The summed E-state index contributed by atoms with van der Waals surface area (Å²) in [6, 6.07) is 6.06. The highest BCUT2D eigenvalue weighted by Gasteiger charge is 2.24. The SMILES string of the molecule is CCOc1cc2c(cc1C(Br)C#N)OC(C)C2. The number of nitrogens with zero attached hydrogens (tertiary/aromatic N) is 1. The lowest BCUT2D eigenvalue weighted by molar-refractivity contribution is 0.254. The molecule has 90 valence electrons. The van der Waals surface area contributed by atoms with Crippen molar-refractivity contribution in [3.63, 3.8) is 0 Å². The number of alkyl halides is 1. The molecule has 1 aromatic rings. The Bertz CT molecular complexity index is 467. The highest BCUT2D eigenvalue weighted by molar-refractivity contribution is 9.09. The van der Waals surface area contributed by atoms with Gasteiger partial charge in [-0.1, -0.05) is 15.9 Å². The largest absolute Gasteiger partial charge is 0.494 e. The van der Waals surface area contributed by atoms with Gasteiger partial charge < -0.3 is 9.47 Å². The van der Waals surface area contributed by atoms with Gasteiger partial charge in [-0.2, -0.15) is 5.26 Å². The van der Waals surface area contributed by atoms with Gasteiger partial charge in [-0.15, -0.1) is 0 Å². The molecule has 0 N–H and O–H groups in total. The first-order chi connectivity index (χ1) is 8.15. The van der Waals surface area contributed by atoms with Gasteiger partial charge in [0.2, 0.25) is 0 Å². The van der Waals surface area contributed by atoms with Crippen molar-refractivity contribution in [2.24, 2.45) is 0 Å². The van der Waals surface area contributed by atoms with Crippen LogP contribution in [0.5, 0.6) is 11.5 Å². The molecule has 0 aliphatic carbocycles. The Balaban J connectivity index is 2.44. The van der Waals surface area contributed by atoms with Crippen LogP contribution in [0.3, 0.4) is 0 Å². The second kappa shape index (κ2) is 4.97. The topological polar surface area (TPSA) is 42.2 Å². The summed E-state index contributed by atoms with van der Waals surface area (Å²) < 4.78 is 11.3. The Morgan fingerprint density at radius 2 is 2.41 bits per heavy atom. The number of halogens is 1. The van der Waals surface area contributed by atoms with Crippen LogP contribution < -0.4 is 9.47 Å². The Labute approximate surface area is 109 Å². The van der Waals surface area contributed by atoms with Gasteiger partial charge in [0.1, 0.15) is 22.4 Å². The fourth-order valence-corrected chi connectivity index (χ4v) is 2.36. The van der Waals surface area contributed by atoms with Crippen LogP contribution in [0, 0.1) is 11.3 Å². The van der Waals surface area contributed by atoms with E-state index >= 15 is 0 Å². The maximum Gasteiger partial charge on any atom is 0.130 e. The zero-order valence-corrected chi connectivity index (χ0v) is 11.5. The van der Waals surface area contributed by atoms with Crippen molar-refractivity contribution in [1.29, 1.82) is 5.26 Å². The smallest absolute Gasteiger partial charge is 0.130 e. The molecule has 0 spiro atoms. The zero-order valence-electron chi connectivity index (χ0n) is 9.87. The van der Waals surface area contributed by atoms with E-state index in [2.05, 4.69) is 22.0 Å². The summed E-state index contributed by atoms with van der Waals surface area (Å²) in [7, 11) is 0. The van der Waals surface area contributed by atoms with Gasteiger partial charge in [-0.25, -0.2) is 0 Å². The van der Waals surface area contributed by atoms with Crippen LogP contribution in [0.2, 0.25) is 0 Å². The van der Waals surface area contributed by atoms with E-state index in [0.29, 0.717) is 6.61 Å². The average Bonchev–Trinajstić information content (AvgIpc) is 2.66. The van der Waals surface area contributed by atoms with Gasteiger partial charge in [0.05, 0.1) is 12.7 Å². The lowest BCUT2D eigenvalue weighted by atomic mass is 10.0. The first kappa shape index (κ1) is 12.3. The third-order valence-electron chi connectivity index (χ3n) is 2.71. The van der Waals surface area contributed by atoms with Crippen LogP contribution in [0.1, 0.15) is 29.8 Å². The summed E-state index contributed by atoms with van der Waals surface area (Å²) in [5.74, 6) is 1.64. The normalized spacial score (nSPS) is 19.1. The molecule has 1 heterocycles. The number of nitriles is 1. The zero-order chi connectivity index (χ0) is 12.4. The van der Waals surface area contributed by atoms with Crippen LogP contribution in [0.25, 0.3) is 0 Å².